The molecule has 5 heteroatoms. The van der Waals surface area contributed by atoms with Gasteiger partial charge in [-0.15, -0.1) is 0 Å². The van der Waals surface area contributed by atoms with Crippen molar-refractivity contribution in [1.82, 2.24) is 0 Å². The van der Waals surface area contributed by atoms with Gasteiger partial charge in [-0.05, 0) is 11.6 Å². The summed E-state index contributed by atoms with van der Waals surface area (Å²) >= 11 is 13.5. The molecule has 0 heterocycles. The minimum atomic E-state index is -0.780. The zero-order chi connectivity index (χ0) is 12.1. The lowest BCUT2D eigenvalue weighted by molar-refractivity contribution is -0.136. The SMILES string of the molecule is CC(CC(=O)O)SCc1cccc(Cl)c1Cl. The van der Waals surface area contributed by atoms with E-state index >= 15 is 0 Å². The van der Waals surface area contributed by atoms with E-state index in [4.69, 9.17) is 28.3 Å². The fraction of sp³-hybridized carbons (Fsp3) is 0.364. The molecule has 0 aliphatic rings. The Morgan fingerprint density at radius 1 is 1.50 bits per heavy atom. The predicted molar refractivity (Wildman–Crippen MR) is 69.5 cm³/mol. The van der Waals surface area contributed by atoms with Crippen molar-refractivity contribution in [3.8, 4) is 0 Å². The van der Waals surface area contributed by atoms with Crippen LogP contribution in [0.5, 0.6) is 0 Å². The van der Waals surface area contributed by atoms with Crippen molar-refractivity contribution < 1.29 is 9.90 Å². The van der Waals surface area contributed by atoms with Gasteiger partial charge in [-0.3, -0.25) is 4.79 Å². The Labute approximate surface area is 109 Å². The monoisotopic (exact) mass is 278 g/mol. The van der Waals surface area contributed by atoms with Gasteiger partial charge in [0.15, 0.2) is 0 Å². The Balaban J connectivity index is 2.54. The zero-order valence-electron chi connectivity index (χ0n) is 8.74. The van der Waals surface area contributed by atoms with Gasteiger partial charge in [0.2, 0.25) is 0 Å². The summed E-state index contributed by atoms with van der Waals surface area (Å²) in [7, 11) is 0. The molecule has 1 unspecified atom stereocenters. The maximum atomic E-state index is 10.5. The fourth-order valence-electron chi connectivity index (χ4n) is 1.20. The van der Waals surface area contributed by atoms with E-state index in [0.717, 1.165) is 5.56 Å². The van der Waals surface area contributed by atoms with Crippen LogP contribution >= 0.6 is 35.0 Å². The van der Waals surface area contributed by atoms with E-state index < -0.39 is 5.97 Å². The molecule has 0 bridgehead atoms. The van der Waals surface area contributed by atoms with Crippen molar-refractivity contribution >= 4 is 40.9 Å². The second kappa shape index (κ2) is 6.38. The summed E-state index contributed by atoms with van der Waals surface area (Å²) in [6.45, 7) is 1.89. The van der Waals surface area contributed by atoms with Gasteiger partial charge < -0.3 is 5.11 Å². The second-order valence-corrected chi connectivity index (χ2v) is 5.64. The van der Waals surface area contributed by atoms with Crippen LogP contribution in [0.25, 0.3) is 0 Å². The molecular formula is C11H12Cl2O2S. The molecule has 0 aliphatic heterocycles. The Kier molecular flexibility index (Phi) is 5.46. The van der Waals surface area contributed by atoms with Gasteiger partial charge in [0.1, 0.15) is 0 Å². The number of hydrogen-bond acceptors (Lipinski definition) is 2. The number of aliphatic carboxylic acids is 1. The summed E-state index contributed by atoms with van der Waals surface area (Å²) in [5.74, 6) is -0.106. The first-order chi connectivity index (χ1) is 7.50. The highest BCUT2D eigenvalue weighted by molar-refractivity contribution is 7.99. The summed E-state index contributed by atoms with van der Waals surface area (Å²) in [4.78, 5) is 10.5. The third-order valence-electron chi connectivity index (χ3n) is 2.02. The van der Waals surface area contributed by atoms with Crippen LogP contribution in [0.2, 0.25) is 10.0 Å². The number of thioether (sulfide) groups is 1. The average Bonchev–Trinajstić information content (AvgIpc) is 2.19. The predicted octanol–water partition coefficient (Wildman–Crippen LogP) is 4.09. The van der Waals surface area contributed by atoms with Gasteiger partial charge in [-0.25, -0.2) is 0 Å². The molecule has 0 spiro atoms. The highest BCUT2D eigenvalue weighted by atomic mass is 35.5. The Bertz CT molecular complexity index is 382. The van der Waals surface area contributed by atoms with Crippen molar-refractivity contribution in [1.29, 1.82) is 0 Å². The molecule has 0 saturated heterocycles. The third kappa shape index (κ3) is 4.24. The number of hydrogen-bond donors (Lipinski definition) is 1. The first-order valence-corrected chi connectivity index (χ1v) is 6.57. The van der Waals surface area contributed by atoms with E-state index in [9.17, 15) is 4.79 Å². The molecule has 16 heavy (non-hydrogen) atoms. The molecule has 88 valence electrons. The van der Waals surface area contributed by atoms with Crippen LogP contribution in [0.3, 0.4) is 0 Å². The zero-order valence-corrected chi connectivity index (χ0v) is 11.1. The largest absolute Gasteiger partial charge is 0.481 e. The van der Waals surface area contributed by atoms with Crippen LogP contribution in [0, 0.1) is 0 Å². The third-order valence-corrected chi connectivity index (χ3v) is 4.09. The average molecular weight is 279 g/mol. The molecule has 1 atom stereocenters. The van der Waals surface area contributed by atoms with E-state index in [2.05, 4.69) is 0 Å². The van der Waals surface area contributed by atoms with Crippen molar-refractivity contribution in [2.24, 2.45) is 0 Å². The van der Waals surface area contributed by atoms with E-state index in [0.29, 0.717) is 15.8 Å². The molecule has 0 aliphatic carbocycles. The molecule has 2 nitrogen and oxygen atoms in total. The van der Waals surface area contributed by atoms with Crippen LogP contribution in [0.1, 0.15) is 18.9 Å². The first kappa shape index (κ1) is 13.7. The molecule has 0 fully saturated rings. The highest BCUT2D eigenvalue weighted by Gasteiger charge is 2.10. The number of rotatable bonds is 5. The van der Waals surface area contributed by atoms with E-state index in [1.54, 1.807) is 17.8 Å². The van der Waals surface area contributed by atoms with Crippen molar-refractivity contribution in [2.75, 3.05) is 0 Å². The maximum absolute atomic E-state index is 10.5. The van der Waals surface area contributed by atoms with Gasteiger partial charge in [0.05, 0.1) is 16.5 Å². The maximum Gasteiger partial charge on any atom is 0.304 e. The minimum absolute atomic E-state index is 0.0625. The number of carbonyl (C=O) groups is 1. The minimum Gasteiger partial charge on any atom is -0.481 e. The van der Waals surface area contributed by atoms with Crippen LogP contribution in [-0.2, 0) is 10.5 Å². The fourth-order valence-corrected chi connectivity index (χ4v) is 2.63. The van der Waals surface area contributed by atoms with E-state index in [1.165, 1.54) is 0 Å². The van der Waals surface area contributed by atoms with Crippen molar-refractivity contribution in [3.63, 3.8) is 0 Å². The molecule has 0 saturated carbocycles. The topological polar surface area (TPSA) is 37.3 Å². The van der Waals surface area contributed by atoms with Gasteiger partial charge >= 0.3 is 5.97 Å². The van der Waals surface area contributed by atoms with Crippen molar-refractivity contribution in [3.05, 3.63) is 33.8 Å². The highest BCUT2D eigenvalue weighted by Crippen LogP contribution is 2.30. The van der Waals surface area contributed by atoms with Gasteiger partial charge in [0, 0.05) is 11.0 Å². The first-order valence-electron chi connectivity index (χ1n) is 4.77. The van der Waals surface area contributed by atoms with Crippen LogP contribution in [-0.4, -0.2) is 16.3 Å². The summed E-state index contributed by atoms with van der Waals surface area (Å²) in [5, 5.41) is 9.77. The van der Waals surface area contributed by atoms with Gasteiger partial charge in [0.25, 0.3) is 0 Å². The molecule has 0 aromatic heterocycles. The quantitative estimate of drug-likeness (QED) is 0.882. The van der Waals surface area contributed by atoms with Crippen LogP contribution in [0.15, 0.2) is 18.2 Å². The number of carboxylic acid groups (broad SMARTS) is 1. The molecular weight excluding hydrogens is 267 g/mol. The smallest absolute Gasteiger partial charge is 0.304 e. The Morgan fingerprint density at radius 2 is 2.19 bits per heavy atom. The van der Waals surface area contributed by atoms with E-state index in [-0.39, 0.29) is 11.7 Å². The molecule has 1 N–H and O–H groups in total. The molecule has 1 aromatic carbocycles. The molecule has 0 radical (unpaired) electrons. The molecule has 0 amide bonds. The van der Waals surface area contributed by atoms with Crippen LogP contribution < -0.4 is 0 Å². The Hall–Kier alpha value is -0.380. The standard InChI is InChI=1S/C11H12Cl2O2S/c1-7(5-10(14)15)16-6-8-3-2-4-9(12)11(8)13/h2-4,7H,5-6H2,1H3,(H,14,15). The van der Waals surface area contributed by atoms with Gasteiger partial charge in [-0.2, -0.15) is 11.8 Å². The molecule has 1 aromatic rings. The lowest BCUT2D eigenvalue weighted by atomic mass is 10.2. The van der Waals surface area contributed by atoms with Crippen molar-refractivity contribution in [2.45, 2.75) is 24.3 Å². The van der Waals surface area contributed by atoms with Gasteiger partial charge in [-0.1, -0.05) is 42.3 Å². The normalized spacial score (nSPS) is 12.4. The summed E-state index contributed by atoms with van der Waals surface area (Å²) < 4.78 is 0. The lowest BCUT2D eigenvalue weighted by Gasteiger charge is -2.10. The molecule has 1 rings (SSSR count). The number of carboxylic acids is 1. The van der Waals surface area contributed by atoms with E-state index in [1.807, 2.05) is 19.1 Å². The Morgan fingerprint density at radius 3 is 2.81 bits per heavy atom. The summed E-state index contributed by atoms with van der Waals surface area (Å²) in [6, 6.07) is 5.47. The van der Waals surface area contributed by atoms with Crippen LogP contribution in [0.4, 0.5) is 0 Å². The lowest BCUT2D eigenvalue weighted by Crippen LogP contribution is -2.05. The summed E-state index contributed by atoms with van der Waals surface area (Å²) in [6.07, 6.45) is 0.156. The second-order valence-electron chi connectivity index (χ2n) is 3.43. The number of benzene rings is 1. The number of halogens is 2. The summed E-state index contributed by atoms with van der Waals surface area (Å²) in [5.41, 5.74) is 0.941.